The second-order valence-electron chi connectivity index (χ2n) is 6.93. The second kappa shape index (κ2) is 8.26. The van der Waals surface area contributed by atoms with Crippen molar-refractivity contribution in [2.45, 2.75) is 6.92 Å². The van der Waals surface area contributed by atoms with Gasteiger partial charge in [-0.15, -0.1) is 0 Å². The van der Waals surface area contributed by atoms with E-state index < -0.39 is 0 Å². The van der Waals surface area contributed by atoms with Crippen LogP contribution in [0.3, 0.4) is 0 Å². The normalized spacial score (nSPS) is 14.0. The first-order chi connectivity index (χ1) is 14.1. The van der Waals surface area contributed by atoms with Crippen molar-refractivity contribution >= 4 is 23.1 Å². The Morgan fingerprint density at radius 3 is 2.34 bits per heavy atom. The molecule has 0 radical (unpaired) electrons. The quantitative estimate of drug-likeness (QED) is 0.736. The number of anilines is 3. The number of halogens is 1. The van der Waals surface area contributed by atoms with Crippen molar-refractivity contribution in [1.82, 2.24) is 14.9 Å². The fraction of sp³-hybridized carbons (Fsp3) is 0.227. The molecular formula is C22H22FN5O. The van der Waals surface area contributed by atoms with Gasteiger partial charge >= 0.3 is 0 Å². The second-order valence-corrected chi connectivity index (χ2v) is 6.93. The van der Waals surface area contributed by atoms with Crippen molar-refractivity contribution in [1.29, 1.82) is 0 Å². The molecule has 0 saturated carbocycles. The topological polar surface area (TPSA) is 61.4 Å². The summed E-state index contributed by atoms with van der Waals surface area (Å²) < 4.78 is 13.1. The summed E-state index contributed by atoms with van der Waals surface area (Å²) in [5, 5.41) is 3.22. The van der Waals surface area contributed by atoms with E-state index in [2.05, 4.69) is 20.2 Å². The average molecular weight is 391 g/mol. The highest BCUT2D eigenvalue weighted by Crippen LogP contribution is 2.19. The Morgan fingerprint density at radius 2 is 1.66 bits per heavy atom. The first-order valence-corrected chi connectivity index (χ1v) is 9.56. The highest BCUT2D eigenvalue weighted by molar-refractivity contribution is 5.93. The number of nitrogens with zero attached hydrogens (tertiary/aromatic N) is 4. The Balaban J connectivity index is 1.44. The molecule has 3 aromatic rings. The molecule has 0 bridgehead atoms. The smallest absolute Gasteiger partial charge is 0.272 e. The lowest BCUT2D eigenvalue weighted by molar-refractivity contribution is 0.0740. The third kappa shape index (κ3) is 4.51. The molecule has 0 spiro atoms. The fourth-order valence-corrected chi connectivity index (χ4v) is 3.39. The van der Waals surface area contributed by atoms with Gasteiger partial charge in [-0.3, -0.25) is 4.79 Å². The molecule has 6 nitrogen and oxygen atoms in total. The first-order valence-electron chi connectivity index (χ1n) is 9.56. The SMILES string of the molecule is Cc1nc(Nc2ccccc2)cc(C(=O)N2CCN(c3ccc(F)cc3)CC2)n1. The molecule has 0 aliphatic carbocycles. The standard InChI is InChI=1S/C22H22FN5O/c1-16-24-20(15-21(25-16)26-18-5-3-2-4-6-18)22(29)28-13-11-27(12-14-28)19-9-7-17(23)8-10-19/h2-10,15H,11-14H2,1H3,(H,24,25,26). The number of piperazine rings is 1. The van der Waals surface area contributed by atoms with Gasteiger partial charge in [-0.05, 0) is 43.3 Å². The zero-order chi connectivity index (χ0) is 20.2. The van der Waals surface area contributed by atoms with E-state index in [9.17, 15) is 9.18 Å². The zero-order valence-corrected chi connectivity index (χ0v) is 16.2. The van der Waals surface area contributed by atoms with Gasteiger partial charge < -0.3 is 15.1 Å². The van der Waals surface area contributed by atoms with Crippen molar-refractivity contribution < 1.29 is 9.18 Å². The summed E-state index contributed by atoms with van der Waals surface area (Å²) in [6, 6.07) is 17.8. The highest BCUT2D eigenvalue weighted by Gasteiger charge is 2.24. The van der Waals surface area contributed by atoms with Gasteiger partial charge in [0.1, 0.15) is 23.2 Å². The van der Waals surface area contributed by atoms with E-state index in [1.165, 1.54) is 12.1 Å². The summed E-state index contributed by atoms with van der Waals surface area (Å²) >= 11 is 0. The molecule has 0 unspecified atom stereocenters. The van der Waals surface area contributed by atoms with Gasteiger partial charge in [-0.1, -0.05) is 18.2 Å². The highest BCUT2D eigenvalue weighted by atomic mass is 19.1. The minimum Gasteiger partial charge on any atom is -0.368 e. The van der Waals surface area contributed by atoms with Crippen molar-refractivity contribution in [3.63, 3.8) is 0 Å². The van der Waals surface area contributed by atoms with Gasteiger partial charge in [0, 0.05) is 43.6 Å². The van der Waals surface area contributed by atoms with Crippen LogP contribution in [0.1, 0.15) is 16.3 Å². The maximum Gasteiger partial charge on any atom is 0.272 e. The Bertz CT molecular complexity index is 986. The van der Waals surface area contributed by atoms with E-state index in [1.54, 1.807) is 30.0 Å². The van der Waals surface area contributed by atoms with Gasteiger partial charge in [0.15, 0.2) is 0 Å². The molecule has 1 saturated heterocycles. The van der Waals surface area contributed by atoms with Crippen LogP contribution in [0.5, 0.6) is 0 Å². The fourth-order valence-electron chi connectivity index (χ4n) is 3.39. The predicted molar refractivity (Wildman–Crippen MR) is 111 cm³/mol. The molecule has 1 aliphatic heterocycles. The number of para-hydroxylation sites is 1. The summed E-state index contributed by atoms with van der Waals surface area (Å²) in [7, 11) is 0. The molecule has 0 atom stereocenters. The molecule has 1 aromatic heterocycles. The van der Waals surface area contributed by atoms with Crippen LogP contribution in [0.2, 0.25) is 0 Å². The minimum atomic E-state index is -0.249. The van der Waals surface area contributed by atoms with Crippen LogP contribution in [0.25, 0.3) is 0 Å². The van der Waals surface area contributed by atoms with E-state index in [-0.39, 0.29) is 11.7 Å². The van der Waals surface area contributed by atoms with E-state index in [1.807, 2.05) is 30.3 Å². The predicted octanol–water partition coefficient (Wildman–Crippen LogP) is 3.63. The molecule has 1 amide bonds. The maximum absolute atomic E-state index is 13.1. The maximum atomic E-state index is 13.1. The Labute approximate surface area is 169 Å². The number of carbonyl (C=O) groups is 1. The van der Waals surface area contributed by atoms with Crippen molar-refractivity contribution in [2.24, 2.45) is 0 Å². The lowest BCUT2D eigenvalue weighted by Crippen LogP contribution is -2.49. The van der Waals surface area contributed by atoms with E-state index in [4.69, 9.17) is 0 Å². The largest absolute Gasteiger partial charge is 0.368 e. The average Bonchev–Trinajstić information content (AvgIpc) is 2.74. The van der Waals surface area contributed by atoms with E-state index in [0.717, 1.165) is 11.4 Å². The molecule has 2 aromatic carbocycles. The molecule has 148 valence electrons. The van der Waals surface area contributed by atoms with E-state index in [0.29, 0.717) is 43.5 Å². The molecule has 4 rings (SSSR count). The monoisotopic (exact) mass is 391 g/mol. The van der Waals surface area contributed by atoms with Crippen LogP contribution in [-0.2, 0) is 0 Å². The van der Waals surface area contributed by atoms with Crippen LogP contribution in [-0.4, -0.2) is 47.0 Å². The molecule has 29 heavy (non-hydrogen) atoms. The molecule has 1 aliphatic rings. The first kappa shape index (κ1) is 18.9. The van der Waals surface area contributed by atoms with Gasteiger partial charge in [-0.2, -0.15) is 0 Å². The van der Waals surface area contributed by atoms with Gasteiger partial charge in [-0.25, -0.2) is 14.4 Å². The molecule has 1 fully saturated rings. The Kier molecular flexibility index (Phi) is 5.37. The number of benzene rings is 2. The Hall–Kier alpha value is -3.48. The number of rotatable bonds is 4. The lowest BCUT2D eigenvalue weighted by atomic mass is 10.2. The van der Waals surface area contributed by atoms with Crippen LogP contribution in [0, 0.1) is 12.7 Å². The molecule has 2 heterocycles. The van der Waals surface area contributed by atoms with Crippen LogP contribution in [0.15, 0.2) is 60.7 Å². The number of hydrogen-bond acceptors (Lipinski definition) is 5. The summed E-state index contributed by atoms with van der Waals surface area (Å²) in [5.74, 6) is 0.781. The van der Waals surface area contributed by atoms with Crippen LogP contribution in [0.4, 0.5) is 21.6 Å². The van der Waals surface area contributed by atoms with Gasteiger partial charge in [0.25, 0.3) is 5.91 Å². The van der Waals surface area contributed by atoms with E-state index >= 15 is 0 Å². The lowest BCUT2D eigenvalue weighted by Gasteiger charge is -2.36. The molecular weight excluding hydrogens is 369 g/mol. The van der Waals surface area contributed by atoms with Crippen molar-refractivity contribution in [2.75, 3.05) is 36.4 Å². The van der Waals surface area contributed by atoms with Crippen LogP contribution >= 0.6 is 0 Å². The number of amides is 1. The third-order valence-corrected chi connectivity index (χ3v) is 4.86. The number of carbonyl (C=O) groups excluding carboxylic acids is 1. The number of nitrogens with one attached hydrogen (secondary N) is 1. The Morgan fingerprint density at radius 1 is 0.966 bits per heavy atom. The number of hydrogen-bond donors (Lipinski definition) is 1. The molecule has 1 N–H and O–H groups in total. The molecule has 7 heteroatoms. The summed E-state index contributed by atoms with van der Waals surface area (Å²) in [6.07, 6.45) is 0. The summed E-state index contributed by atoms with van der Waals surface area (Å²) in [5.41, 5.74) is 2.24. The summed E-state index contributed by atoms with van der Waals surface area (Å²) in [4.78, 5) is 25.7. The summed E-state index contributed by atoms with van der Waals surface area (Å²) in [6.45, 7) is 4.33. The van der Waals surface area contributed by atoms with Crippen molar-refractivity contribution in [3.8, 4) is 0 Å². The number of aromatic nitrogens is 2. The van der Waals surface area contributed by atoms with Crippen molar-refractivity contribution in [3.05, 3.63) is 78.0 Å². The number of aryl methyl sites for hydroxylation is 1. The van der Waals surface area contributed by atoms with Crippen LogP contribution < -0.4 is 10.2 Å². The third-order valence-electron chi connectivity index (χ3n) is 4.86. The zero-order valence-electron chi connectivity index (χ0n) is 16.2. The van der Waals surface area contributed by atoms with Gasteiger partial charge in [0.05, 0.1) is 0 Å². The minimum absolute atomic E-state index is 0.106. The van der Waals surface area contributed by atoms with Gasteiger partial charge in [0.2, 0.25) is 0 Å².